The van der Waals surface area contributed by atoms with E-state index < -0.39 is 0 Å². The Bertz CT molecular complexity index is 201. The Hall–Kier alpha value is -0.730. The first kappa shape index (κ1) is 12.3. The highest BCUT2D eigenvalue weighted by Crippen LogP contribution is 2.30. The second-order valence-electron chi connectivity index (χ2n) is 5.37. The number of hydrogen-bond donors (Lipinski definition) is 0. The zero-order chi connectivity index (χ0) is 11.5. The summed E-state index contributed by atoms with van der Waals surface area (Å²) in [7, 11) is 0. The lowest BCUT2D eigenvalue weighted by molar-refractivity contribution is 0.0367. The van der Waals surface area contributed by atoms with Crippen LogP contribution in [0.1, 0.15) is 47.5 Å². The van der Waals surface area contributed by atoms with E-state index in [0.29, 0.717) is 6.17 Å². The molecule has 0 saturated heterocycles. The van der Waals surface area contributed by atoms with Gasteiger partial charge in [-0.2, -0.15) is 5.10 Å². The molecule has 0 saturated carbocycles. The molecule has 0 bridgehead atoms. The summed E-state index contributed by atoms with van der Waals surface area (Å²) in [5.41, 5.74) is 0.251. The molecule has 0 spiro atoms. The van der Waals surface area contributed by atoms with Gasteiger partial charge in [0.2, 0.25) is 0 Å². The highest BCUT2D eigenvalue weighted by Gasteiger charge is 2.36. The first-order valence-electron chi connectivity index (χ1n) is 6.07. The predicted octanol–water partition coefficient (Wildman–Crippen LogP) is 2.74. The summed E-state index contributed by atoms with van der Waals surface area (Å²) in [4.78, 5) is 2.37. The van der Waals surface area contributed by atoms with Crippen LogP contribution < -0.4 is 0 Å². The summed E-state index contributed by atoms with van der Waals surface area (Å²) in [6.07, 6.45) is 4.77. The lowest BCUT2D eigenvalue weighted by atomic mass is 9.91. The molecule has 0 amide bonds. The highest BCUT2D eigenvalue weighted by atomic mass is 15.6. The minimum absolute atomic E-state index is 0.251. The molecule has 3 heteroatoms. The third kappa shape index (κ3) is 2.86. The van der Waals surface area contributed by atoms with E-state index in [1.165, 1.54) is 6.42 Å². The molecule has 1 atom stereocenters. The lowest BCUT2D eigenvalue weighted by Gasteiger charge is -2.39. The van der Waals surface area contributed by atoms with Gasteiger partial charge in [0.25, 0.3) is 0 Å². The molecule has 0 aromatic heterocycles. The van der Waals surface area contributed by atoms with Crippen LogP contribution >= 0.6 is 0 Å². The molecule has 0 radical (unpaired) electrons. The van der Waals surface area contributed by atoms with E-state index in [4.69, 9.17) is 0 Å². The molecule has 0 aromatic carbocycles. The van der Waals surface area contributed by atoms with Gasteiger partial charge in [-0.1, -0.05) is 34.6 Å². The van der Waals surface area contributed by atoms with Gasteiger partial charge in [-0.3, -0.25) is 5.01 Å². The van der Waals surface area contributed by atoms with Crippen LogP contribution in [0.15, 0.2) is 5.10 Å². The summed E-state index contributed by atoms with van der Waals surface area (Å²) < 4.78 is 0. The fourth-order valence-electron chi connectivity index (χ4n) is 2.22. The Morgan fingerprint density at radius 2 is 1.73 bits per heavy atom. The maximum absolute atomic E-state index is 4.51. The summed E-state index contributed by atoms with van der Waals surface area (Å²) in [6.45, 7) is 13.4. The van der Waals surface area contributed by atoms with Gasteiger partial charge < -0.3 is 4.90 Å². The minimum Gasteiger partial charge on any atom is -0.339 e. The minimum atomic E-state index is 0.251. The number of nitrogens with zero attached hydrogens (tertiary/aromatic N) is 3. The van der Waals surface area contributed by atoms with E-state index in [1.54, 1.807) is 0 Å². The monoisotopic (exact) mass is 211 g/mol. The lowest BCUT2D eigenvalue weighted by Crippen LogP contribution is -2.48. The normalized spacial score (nSPS) is 21.5. The molecule has 3 nitrogen and oxygen atoms in total. The van der Waals surface area contributed by atoms with Crippen molar-refractivity contribution in [2.45, 2.75) is 53.6 Å². The Labute approximate surface area is 94.1 Å². The van der Waals surface area contributed by atoms with Crippen LogP contribution in [0.25, 0.3) is 0 Å². The van der Waals surface area contributed by atoms with Crippen LogP contribution in [-0.2, 0) is 0 Å². The fourth-order valence-corrected chi connectivity index (χ4v) is 2.22. The Morgan fingerprint density at radius 3 is 2.20 bits per heavy atom. The summed E-state index contributed by atoms with van der Waals surface area (Å²) in [5.74, 6) is 0. The van der Waals surface area contributed by atoms with Crippen molar-refractivity contribution in [3.63, 3.8) is 0 Å². The van der Waals surface area contributed by atoms with Gasteiger partial charge in [0.1, 0.15) is 12.5 Å². The van der Waals surface area contributed by atoms with Crippen molar-refractivity contribution in [1.29, 1.82) is 0 Å². The van der Waals surface area contributed by atoms with Crippen molar-refractivity contribution in [2.24, 2.45) is 10.5 Å². The van der Waals surface area contributed by atoms with Gasteiger partial charge in [-0.25, -0.2) is 0 Å². The van der Waals surface area contributed by atoms with E-state index in [1.807, 2.05) is 6.34 Å². The first-order chi connectivity index (χ1) is 7.00. The highest BCUT2D eigenvalue weighted by molar-refractivity contribution is 5.57. The summed E-state index contributed by atoms with van der Waals surface area (Å²) in [6, 6.07) is 0. The van der Waals surface area contributed by atoms with Gasteiger partial charge in [0.05, 0.1) is 0 Å². The van der Waals surface area contributed by atoms with Gasteiger partial charge >= 0.3 is 0 Å². The Balaban J connectivity index is 2.73. The van der Waals surface area contributed by atoms with E-state index in [9.17, 15) is 0 Å². The fraction of sp³-hybridized carbons (Fsp3) is 0.917. The molecule has 88 valence electrons. The van der Waals surface area contributed by atoms with Crippen LogP contribution in [0.4, 0.5) is 0 Å². The molecule has 0 N–H and O–H groups in total. The molecule has 0 fully saturated rings. The van der Waals surface area contributed by atoms with Gasteiger partial charge in [-0.05, 0) is 12.8 Å². The molecule has 1 aliphatic rings. The summed E-state index contributed by atoms with van der Waals surface area (Å²) in [5, 5.41) is 6.74. The van der Waals surface area contributed by atoms with Gasteiger partial charge in [0, 0.05) is 18.5 Å². The van der Waals surface area contributed by atoms with E-state index >= 15 is 0 Å². The van der Waals surface area contributed by atoms with E-state index in [2.05, 4.69) is 49.6 Å². The Kier molecular flexibility index (Phi) is 4.00. The third-order valence-corrected chi connectivity index (χ3v) is 2.65. The molecule has 1 unspecified atom stereocenters. The second kappa shape index (κ2) is 4.86. The average Bonchev–Trinajstić information content (AvgIpc) is 2.48. The zero-order valence-electron chi connectivity index (χ0n) is 10.8. The molecule has 1 aliphatic heterocycles. The Morgan fingerprint density at radius 1 is 1.13 bits per heavy atom. The molecule has 15 heavy (non-hydrogen) atoms. The van der Waals surface area contributed by atoms with Crippen LogP contribution in [0.2, 0.25) is 0 Å². The van der Waals surface area contributed by atoms with Crippen molar-refractivity contribution >= 4 is 6.34 Å². The third-order valence-electron chi connectivity index (χ3n) is 2.65. The molecular weight excluding hydrogens is 186 g/mol. The molecule has 1 rings (SSSR count). The van der Waals surface area contributed by atoms with E-state index in [-0.39, 0.29) is 5.41 Å². The number of hydrazone groups is 1. The zero-order valence-corrected chi connectivity index (χ0v) is 10.8. The van der Waals surface area contributed by atoms with Gasteiger partial charge in [-0.15, -0.1) is 0 Å². The maximum Gasteiger partial charge on any atom is 0.124 e. The average molecular weight is 211 g/mol. The molecule has 0 aliphatic carbocycles. The van der Waals surface area contributed by atoms with E-state index in [0.717, 1.165) is 19.5 Å². The quantitative estimate of drug-likeness (QED) is 0.712. The van der Waals surface area contributed by atoms with Crippen molar-refractivity contribution in [3.8, 4) is 0 Å². The van der Waals surface area contributed by atoms with Crippen molar-refractivity contribution in [1.82, 2.24) is 9.91 Å². The molecular formula is C12H25N3. The summed E-state index contributed by atoms with van der Waals surface area (Å²) >= 11 is 0. The van der Waals surface area contributed by atoms with Crippen LogP contribution in [0.5, 0.6) is 0 Å². The number of hydrogen-bond acceptors (Lipinski definition) is 3. The van der Waals surface area contributed by atoms with Crippen LogP contribution in [-0.4, -0.2) is 35.5 Å². The van der Waals surface area contributed by atoms with Crippen molar-refractivity contribution in [3.05, 3.63) is 0 Å². The topological polar surface area (TPSA) is 18.8 Å². The van der Waals surface area contributed by atoms with Crippen LogP contribution in [0.3, 0.4) is 0 Å². The van der Waals surface area contributed by atoms with Crippen molar-refractivity contribution < 1.29 is 0 Å². The molecule has 0 aromatic rings. The number of rotatable bonds is 4. The second-order valence-corrected chi connectivity index (χ2v) is 5.37. The standard InChI is InChI=1S/C12H25N3/c1-6-8-14-10-13-15(9-7-2)11(14)12(3,4)5/h10-11H,6-9H2,1-5H3. The molecule has 1 heterocycles. The van der Waals surface area contributed by atoms with Gasteiger partial charge in [0.15, 0.2) is 0 Å². The first-order valence-corrected chi connectivity index (χ1v) is 6.07. The SMILES string of the molecule is CCCN1C=NN(CCC)C1C(C)(C)C. The largest absolute Gasteiger partial charge is 0.339 e. The smallest absolute Gasteiger partial charge is 0.124 e. The predicted molar refractivity (Wildman–Crippen MR) is 65.7 cm³/mol. The maximum atomic E-state index is 4.51. The van der Waals surface area contributed by atoms with Crippen LogP contribution in [0, 0.1) is 5.41 Å². The van der Waals surface area contributed by atoms with Crippen molar-refractivity contribution in [2.75, 3.05) is 13.1 Å².